The Balaban J connectivity index is 2.96. The molecule has 5 nitrogen and oxygen atoms in total. The molecule has 0 aliphatic rings. The number of nitrogens with two attached hydrogens (primary N) is 1. The van der Waals surface area contributed by atoms with Gasteiger partial charge in [-0.3, -0.25) is 0 Å². The van der Waals surface area contributed by atoms with E-state index in [-0.39, 0.29) is 5.75 Å². The summed E-state index contributed by atoms with van der Waals surface area (Å²) in [4.78, 5) is 10.5. The fourth-order valence-corrected chi connectivity index (χ4v) is 1.16. The number of benzene rings is 1. The molecule has 0 saturated heterocycles. The van der Waals surface area contributed by atoms with Crippen LogP contribution in [-0.4, -0.2) is 18.4 Å². The molecule has 1 aromatic carbocycles. The summed E-state index contributed by atoms with van der Waals surface area (Å²) in [6, 6.07) is 5.27. The van der Waals surface area contributed by atoms with Crippen LogP contribution in [0.5, 0.6) is 5.75 Å². The zero-order valence-electron chi connectivity index (χ0n) is 8.98. The SMILES string of the molecule is C/C(=N\NC(N)=O)c1ccccc1OC(F)F. The van der Waals surface area contributed by atoms with Gasteiger partial charge >= 0.3 is 12.6 Å². The monoisotopic (exact) mass is 243 g/mol. The molecule has 0 spiro atoms. The fraction of sp³-hybridized carbons (Fsp3) is 0.200. The maximum Gasteiger partial charge on any atom is 0.387 e. The molecule has 2 amide bonds. The number of amides is 2. The Morgan fingerprint density at radius 2 is 2.12 bits per heavy atom. The number of alkyl halides is 2. The molecule has 3 N–H and O–H groups in total. The van der Waals surface area contributed by atoms with Crippen LogP contribution >= 0.6 is 0 Å². The van der Waals surface area contributed by atoms with Crippen molar-refractivity contribution in [3.8, 4) is 5.75 Å². The Labute approximate surface area is 96.3 Å². The summed E-state index contributed by atoms with van der Waals surface area (Å²) in [5.41, 5.74) is 7.49. The maximum absolute atomic E-state index is 12.1. The van der Waals surface area contributed by atoms with Gasteiger partial charge in [0, 0.05) is 5.56 Å². The van der Waals surface area contributed by atoms with E-state index in [0.717, 1.165) is 0 Å². The summed E-state index contributed by atoms with van der Waals surface area (Å²) in [5.74, 6) is -0.0185. The predicted molar refractivity (Wildman–Crippen MR) is 58.0 cm³/mol. The molecular formula is C10H11F2N3O2. The summed E-state index contributed by atoms with van der Waals surface area (Å²) in [6.45, 7) is -1.39. The van der Waals surface area contributed by atoms with E-state index in [1.165, 1.54) is 13.0 Å². The van der Waals surface area contributed by atoms with Crippen LogP contribution < -0.4 is 15.9 Å². The van der Waals surface area contributed by atoms with Crippen molar-refractivity contribution in [1.29, 1.82) is 0 Å². The Morgan fingerprint density at radius 3 is 2.71 bits per heavy atom. The van der Waals surface area contributed by atoms with Crippen molar-refractivity contribution >= 4 is 11.7 Å². The van der Waals surface area contributed by atoms with E-state index >= 15 is 0 Å². The summed E-state index contributed by atoms with van der Waals surface area (Å²) in [6.07, 6.45) is 0. The van der Waals surface area contributed by atoms with Crippen LogP contribution in [0.1, 0.15) is 12.5 Å². The largest absolute Gasteiger partial charge is 0.434 e. The normalized spacial score (nSPS) is 11.4. The summed E-state index contributed by atoms with van der Waals surface area (Å²) >= 11 is 0. The summed E-state index contributed by atoms with van der Waals surface area (Å²) < 4.78 is 28.6. The highest BCUT2D eigenvalue weighted by molar-refractivity contribution is 6.01. The van der Waals surface area contributed by atoms with Gasteiger partial charge in [0.05, 0.1) is 5.71 Å². The zero-order valence-corrected chi connectivity index (χ0v) is 8.98. The van der Waals surface area contributed by atoms with Crippen molar-refractivity contribution in [3.05, 3.63) is 29.8 Å². The first-order valence-electron chi connectivity index (χ1n) is 4.64. The number of nitrogens with zero attached hydrogens (tertiary/aromatic N) is 1. The second kappa shape index (κ2) is 5.78. The van der Waals surface area contributed by atoms with E-state index in [1.54, 1.807) is 18.2 Å². The number of nitrogens with one attached hydrogen (secondary N) is 1. The van der Waals surface area contributed by atoms with E-state index < -0.39 is 12.6 Å². The third-order valence-electron chi connectivity index (χ3n) is 1.83. The van der Waals surface area contributed by atoms with Crippen LogP contribution in [0.15, 0.2) is 29.4 Å². The van der Waals surface area contributed by atoms with Crippen molar-refractivity contribution in [1.82, 2.24) is 5.43 Å². The molecule has 0 fully saturated rings. The highest BCUT2D eigenvalue weighted by Gasteiger charge is 2.11. The Hall–Kier alpha value is -2.18. The number of carbonyl (C=O) groups is 1. The van der Waals surface area contributed by atoms with E-state index in [4.69, 9.17) is 5.73 Å². The number of hydrazone groups is 1. The maximum atomic E-state index is 12.1. The van der Waals surface area contributed by atoms with E-state index in [2.05, 4.69) is 9.84 Å². The summed E-state index contributed by atoms with van der Waals surface area (Å²) in [5, 5.41) is 3.63. The van der Waals surface area contributed by atoms with Crippen molar-refractivity contribution < 1.29 is 18.3 Å². The molecule has 0 atom stereocenters. The molecule has 0 saturated carbocycles. The van der Waals surface area contributed by atoms with E-state index in [0.29, 0.717) is 11.3 Å². The van der Waals surface area contributed by atoms with Gasteiger partial charge < -0.3 is 10.5 Å². The first kappa shape index (κ1) is 12.9. The van der Waals surface area contributed by atoms with Gasteiger partial charge in [-0.2, -0.15) is 13.9 Å². The molecule has 0 heterocycles. The van der Waals surface area contributed by atoms with Crippen LogP contribution in [0, 0.1) is 0 Å². The minimum Gasteiger partial charge on any atom is -0.434 e. The standard InChI is InChI=1S/C10H11F2N3O2/c1-6(14-15-10(13)16)7-4-2-3-5-8(7)17-9(11)12/h2-5,9H,1H3,(H3,13,15,16)/b14-6+. The topological polar surface area (TPSA) is 76.7 Å². The highest BCUT2D eigenvalue weighted by Crippen LogP contribution is 2.20. The van der Waals surface area contributed by atoms with Gasteiger partial charge in [-0.1, -0.05) is 12.1 Å². The molecule has 0 radical (unpaired) electrons. The van der Waals surface area contributed by atoms with Crippen LogP contribution in [0.25, 0.3) is 0 Å². The minimum atomic E-state index is -2.92. The molecule has 0 aliphatic carbocycles. The number of carbonyl (C=O) groups excluding carboxylic acids is 1. The van der Waals surface area contributed by atoms with Crippen molar-refractivity contribution in [2.75, 3.05) is 0 Å². The smallest absolute Gasteiger partial charge is 0.387 e. The molecule has 7 heteroatoms. The van der Waals surface area contributed by atoms with Gasteiger partial charge in [-0.15, -0.1) is 0 Å². The van der Waals surface area contributed by atoms with E-state index in [1.807, 2.05) is 5.43 Å². The third-order valence-corrected chi connectivity index (χ3v) is 1.83. The predicted octanol–water partition coefficient (Wildman–Crippen LogP) is 1.68. The molecule has 0 unspecified atom stereocenters. The Bertz CT molecular complexity index is 435. The summed E-state index contributed by atoms with van der Waals surface area (Å²) in [7, 11) is 0. The molecule has 0 bridgehead atoms. The lowest BCUT2D eigenvalue weighted by Gasteiger charge is -2.09. The number of hydrogen-bond donors (Lipinski definition) is 2. The minimum absolute atomic E-state index is 0.0185. The second-order valence-electron chi connectivity index (χ2n) is 3.05. The van der Waals surface area contributed by atoms with Crippen LogP contribution in [0.3, 0.4) is 0 Å². The number of para-hydroxylation sites is 1. The third kappa shape index (κ3) is 4.06. The van der Waals surface area contributed by atoms with E-state index in [9.17, 15) is 13.6 Å². The van der Waals surface area contributed by atoms with Crippen molar-refractivity contribution in [3.63, 3.8) is 0 Å². The van der Waals surface area contributed by atoms with Crippen LogP contribution in [0.2, 0.25) is 0 Å². The number of ether oxygens (including phenoxy) is 1. The highest BCUT2D eigenvalue weighted by atomic mass is 19.3. The zero-order chi connectivity index (χ0) is 12.8. The molecule has 17 heavy (non-hydrogen) atoms. The van der Waals surface area contributed by atoms with Gasteiger partial charge in [0.1, 0.15) is 5.75 Å². The van der Waals surface area contributed by atoms with Crippen molar-refractivity contribution in [2.45, 2.75) is 13.5 Å². The number of primary amides is 1. The number of halogens is 2. The molecule has 92 valence electrons. The quantitative estimate of drug-likeness (QED) is 0.623. The lowest BCUT2D eigenvalue weighted by atomic mass is 10.1. The van der Waals surface area contributed by atoms with Gasteiger partial charge in [-0.25, -0.2) is 10.2 Å². The Morgan fingerprint density at radius 1 is 1.47 bits per heavy atom. The fourth-order valence-electron chi connectivity index (χ4n) is 1.16. The Kier molecular flexibility index (Phi) is 4.38. The van der Waals surface area contributed by atoms with Crippen LogP contribution in [-0.2, 0) is 0 Å². The first-order chi connectivity index (χ1) is 8.00. The first-order valence-corrected chi connectivity index (χ1v) is 4.64. The lowest BCUT2D eigenvalue weighted by molar-refractivity contribution is -0.0499. The van der Waals surface area contributed by atoms with Crippen LogP contribution in [0.4, 0.5) is 13.6 Å². The number of urea groups is 1. The van der Waals surface area contributed by atoms with Gasteiger partial charge in [-0.05, 0) is 19.1 Å². The van der Waals surface area contributed by atoms with Gasteiger partial charge in [0.25, 0.3) is 0 Å². The molecule has 1 rings (SSSR count). The van der Waals surface area contributed by atoms with Gasteiger partial charge in [0.2, 0.25) is 0 Å². The second-order valence-corrected chi connectivity index (χ2v) is 3.05. The average Bonchev–Trinajstić information content (AvgIpc) is 2.25. The van der Waals surface area contributed by atoms with Crippen molar-refractivity contribution in [2.24, 2.45) is 10.8 Å². The number of hydrogen-bond acceptors (Lipinski definition) is 3. The molecule has 0 aromatic heterocycles. The average molecular weight is 243 g/mol. The lowest BCUT2D eigenvalue weighted by Crippen LogP contribution is -2.25. The van der Waals surface area contributed by atoms with Gasteiger partial charge in [0.15, 0.2) is 0 Å². The molecule has 0 aliphatic heterocycles. The molecular weight excluding hydrogens is 232 g/mol. The number of rotatable bonds is 4. The molecule has 1 aromatic rings.